The summed E-state index contributed by atoms with van der Waals surface area (Å²) in [5.74, 6) is 0. The highest BCUT2D eigenvalue weighted by Gasteiger charge is 2.02. The number of hydrogen-bond donors (Lipinski definition) is 1. The number of benzene rings is 1. The van der Waals surface area contributed by atoms with E-state index in [4.69, 9.17) is 0 Å². The Labute approximate surface area is 115 Å². The van der Waals surface area contributed by atoms with Crippen LogP contribution in [0.4, 0.5) is 5.69 Å². The van der Waals surface area contributed by atoms with Crippen molar-refractivity contribution in [2.24, 2.45) is 0 Å². The first kappa shape index (κ1) is 13.4. The molecule has 0 bridgehead atoms. The van der Waals surface area contributed by atoms with E-state index in [-0.39, 0.29) is 0 Å². The van der Waals surface area contributed by atoms with Crippen molar-refractivity contribution >= 4 is 5.69 Å². The van der Waals surface area contributed by atoms with Gasteiger partial charge in [0.2, 0.25) is 0 Å². The van der Waals surface area contributed by atoms with Crippen LogP contribution >= 0.6 is 0 Å². The molecule has 0 spiro atoms. The third-order valence-corrected chi connectivity index (χ3v) is 3.05. The van der Waals surface area contributed by atoms with Crippen LogP contribution in [-0.2, 0) is 6.54 Å². The van der Waals surface area contributed by atoms with Gasteiger partial charge in [-0.05, 0) is 43.5 Å². The molecule has 2 rings (SSSR count). The summed E-state index contributed by atoms with van der Waals surface area (Å²) in [6.07, 6.45) is 7.90. The van der Waals surface area contributed by atoms with Crippen LogP contribution in [0.25, 0.3) is 0 Å². The minimum Gasteiger partial charge on any atom is -0.383 e. The number of nitrogens with zero attached hydrogens (tertiary/aromatic N) is 2. The highest BCUT2D eigenvalue weighted by molar-refractivity contribution is 5.46. The predicted molar refractivity (Wildman–Crippen MR) is 80.3 cm³/mol. The summed E-state index contributed by atoms with van der Waals surface area (Å²) in [6, 6.07) is 10.9. The van der Waals surface area contributed by atoms with Gasteiger partial charge >= 0.3 is 0 Å². The van der Waals surface area contributed by atoms with E-state index < -0.39 is 0 Å². The van der Waals surface area contributed by atoms with Crippen molar-refractivity contribution in [1.82, 2.24) is 9.78 Å². The summed E-state index contributed by atoms with van der Waals surface area (Å²) in [7, 11) is 0. The Morgan fingerprint density at radius 1 is 1.42 bits per heavy atom. The molecule has 1 aromatic heterocycles. The second kappa shape index (κ2) is 6.78. The molecule has 0 amide bonds. The van der Waals surface area contributed by atoms with Gasteiger partial charge in [-0.1, -0.05) is 18.2 Å². The van der Waals surface area contributed by atoms with Gasteiger partial charge in [0.15, 0.2) is 0 Å². The Morgan fingerprint density at radius 3 is 3.05 bits per heavy atom. The van der Waals surface area contributed by atoms with Crippen LogP contribution < -0.4 is 5.32 Å². The fraction of sp³-hybridized carbons (Fsp3) is 0.312. The second-order valence-corrected chi connectivity index (χ2v) is 4.82. The van der Waals surface area contributed by atoms with E-state index in [1.807, 2.05) is 23.0 Å². The van der Waals surface area contributed by atoms with Crippen LogP contribution in [0.15, 0.2) is 55.4 Å². The fourth-order valence-corrected chi connectivity index (χ4v) is 2.07. The lowest BCUT2D eigenvalue weighted by Gasteiger charge is -2.15. The molecule has 3 heteroatoms. The van der Waals surface area contributed by atoms with E-state index in [0.29, 0.717) is 6.04 Å². The van der Waals surface area contributed by atoms with Crippen molar-refractivity contribution < 1.29 is 0 Å². The minimum absolute atomic E-state index is 0.456. The van der Waals surface area contributed by atoms with Gasteiger partial charge in [0.25, 0.3) is 0 Å². The maximum atomic E-state index is 4.23. The van der Waals surface area contributed by atoms with Crippen molar-refractivity contribution in [3.8, 4) is 0 Å². The SMILES string of the molecule is C=CCCC(C)Nc1cccc(Cn2cccn2)c1. The average Bonchev–Trinajstić information content (AvgIpc) is 2.89. The molecular formula is C16H21N3. The summed E-state index contributed by atoms with van der Waals surface area (Å²) in [4.78, 5) is 0. The quantitative estimate of drug-likeness (QED) is 0.765. The Hall–Kier alpha value is -2.03. The van der Waals surface area contributed by atoms with Crippen LogP contribution in [0.5, 0.6) is 0 Å². The third kappa shape index (κ3) is 4.28. The van der Waals surface area contributed by atoms with Crippen LogP contribution in [-0.4, -0.2) is 15.8 Å². The molecule has 1 atom stereocenters. The van der Waals surface area contributed by atoms with Crippen molar-refractivity contribution in [1.29, 1.82) is 0 Å². The summed E-state index contributed by atoms with van der Waals surface area (Å²) in [6.45, 7) is 6.77. The smallest absolute Gasteiger partial charge is 0.0660 e. The molecule has 100 valence electrons. The molecule has 0 radical (unpaired) electrons. The summed E-state index contributed by atoms with van der Waals surface area (Å²) in [5, 5.41) is 7.75. The lowest BCUT2D eigenvalue weighted by atomic mass is 10.1. The maximum absolute atomic E-state index is 4.23. The van der Waals surface area contributed by atoms with Crippen LogP contribution in [0, 0.1) is 0 Å². The molecule has 0 aliphatic heterocycles. The lowest BCUT2D eigenvalue weighted by molar-refractivity contribution is 0.686. The zero-order valence-corrected chi connectivity index (χ0v) is 11.4. The zero-order chi connectivity index (χ0) is 13.5. The molecule has 19 heavy (non-hydrogen) atoms. The standard InChI is InChI=1S/C16H21N3/c1-3-4-7-14(2)18-16-9-5-8-15(12-16)13-19-11-6-10-17-19/h3,5-6,8-12,14,18H,1,4,7,13H2,2H3. The zero-order valence-electron chi connectivity index (χ0n) is 11.4. The molecule has 0 aliphatic carbocycles. The second-order valence-electron chi connectivity index (χ2n) is 4.82. The highest BCUT2D eigenvalue weighted by Crippen LogP contribution is 2.14. The van der Waals surface area contributed by atoms with Gasteiger partial charge in [0, 0.05) is 24.1 Å². The molecule has 2 aromatic rings. The molecule has 1 N–H and O–H groups in total. The van der Waals surface area contributed by atoms with Crippen LogP contribution in [0.2, 0.25) is 0 Å². The van der Waals surface area contributed by atoms with Gasteiger partial charge in [-0.2, -0.15) is 5.10 Å². The average molecular weight is 255 g/mol. The van der Waals surface area contributed by atoms with Crippen molar-refractivity contribution in [2.75, 3.05) is 5.32 Å². The van der Waals surface area contributed by atoms with Gasteiger partial charge in [-0.15, -0.1) is 6.58 Å². The summed E-state index contributed by atoms with van der Waals surface area (Å²) >= 11 is 0. The normalized spacial score (nSPS) is 12.1. The van der Waals surface area contributed by atoms with E-state index in [2.05, 4.69) is 48.2 Å². The molecule has 1 aromatic carbocycles. The van der Waals surface area contributed by atoms with Gasteiger partial charge < -0.3 is 5.32 Å². The van der Waals surface area contributed by atoms with Gasteiger partial charge in [0.05, 0.1) is 6.54 Å². The molecular weight excluding hydrogens is 234 g/mol. The first-order chi connectivity index (χ1) is 9.28. The van der Waals surface area contributed by atoms with E-state index in [1.54, 1.807) is 6.20 Å². The highest BCUT2D eigenvalue weighted by atomic mass is 15.3. The number of rotatable bonds is 7. The Balaban J connectivity index is 1.96. The van der Waals surface area contributed by atoms with Gasteiger partial charge in [-0.3, -0.25) is 4.68 Å². The molecule has 1 heterocycles. The number of hydrogen-bond acceptors (Lipinski definition) is 2. The summed E-state index contributed by atoms with van der Waals surface area (Å²) in [5.41, 5.74) is 2.42. The Kier molecular flexibility index (Phi) is 4.78. The van der Waals surface area contributed by atoms with E-state index >= 15 is 0 Å². The van der Waals surface area contributed by atoms with E-state index in [9.17, 15) is 0 Å². The van der Waals surface area contributed by atoms with Crippen molar-refractivity contribution in [3.63, 3.8) is 0 Å². The monoisotopic (exact) mass is 255 g/mol. The first-order valence-corrected chi connectivity index (χ1v) is 6.71. The largest absolute Gasteiger partial charge is 0.383 e. The van der Waals surface area contributed by atoms with Gasteiger partial charge in [-0.25, -0.2) is 0 Å². The van der Waals surface area contributed by atoms with E-state index in [0.717, 1.165) is 19.4 Å². The topological polar surface area (TPSA) is 29.9 Å². The van der Waals surface area contributed by atoms with Crippen molar-refractivity contribution in [3.05, 3.63) is 60.9 Å². The minimum atomic E-state index is 0.456. The van der Waals surface area contributed by atoms with Gasteiger partial charge in [0.1, 0.15) is 0 Å². The molecule has 3 nitrogen and oxygen atoms in total. The number of allylic oxidation sites excluding steroid dienone is 1. The number of anilines is 1. The lowest BCUT2D eigenvalue weighted by Crippen LogP contribution is -2.14. The van der Waals surface area contributed by atoms with Crippen molar-refractivity contribution in [2.45, 2.75) is 32.4 Å². The Morgan fingerprint density at radius 2 is 2.32 bits per heavy atom. The molecule has 0 saturated carbocycles. The van der Waals surface area contributed by atoms with Crippen LogP contribution in [0.1, 0.15) is 25.3 Å². The fourth-order valence-electron chi connectivity index (χ4n) is 2.07. The number of aromatic nitrogens is 2. The summed E-state index contributed by atoms with van der Waals surface area (Å²) < 4.78 is 1.93. The third-order valence-electron chi connectivity index (χ3n) is 3.05. The predicted octanol–water partition coefficient (Wildman–Crippen LogP) is 3.70. The molecule has 0 aliphatic rings. The van der Waals surface area contributed by atoms with Crippen LogP contribution in [0.3, 0.4) is 0 Å². The molecule has 1 unspecified atom stereocenters. The Bertz CT molecular complexity index is 502. The first-order valence-electron chi connectivity index (χ1n) is 6.71. The number of nitrogens with one attached hydrogen (secondary N) is 1. The molecule has 0 saturated heterocycles. The molecule has 0 fully saturated rings. The van der Waals surface area contributed by atoms with E-state index in [1.165, 1.54) is 11.3 Å². The maximum Gasteiger partial charge on any atom is 0.0660 e.